The van der Waals surface area contributed by atoms with Crippen molar-refractivity contribution >= 4 is 49.9 Å². The zero-order valence-electron chi connectivity index (χ0n) is 10.8. The van der Waals surface area contributed by atoms with Gasteiger partial charge in [-0.15, -0.1) is 22.7 Å². The van der Waals surface area contributed by atoms with E-state index in [1.54, 1.807) is 17.4 Å². The van der Waals surface area contributed by atoms with Crippen LogP contribution in [0.3, 0.4) is 0 Å². The molecule has 0 atom stereocenters. The maximum atomic E-state index is 12.1. The zero-order chi connectivity index (χ0) is 14.8. The van der Waals surface area contributed by atoms with Crippen molar-refractivity contribution in [1.82, 2.24) is 4.72 Å². The first-order valence-corrected chi connectivity index (χ1v) is 9.41. The van der Waals surface area contributed by atoms with E-state index in [2.05, 4.69) is 11.6 Å². The highest BCUT2D eigenvalue weighted by Gasteiger charge is 2.17. The van der Waals surface area contributed by atoms with Gasteiger partial charge < -0.3 is 5.73 Å². The van der Waals surface area contributed by atoms with Crippen LogP contribution < -0.4 is 10.5 Å². The summed E-state index contributed by atoms with van der Waals surface area (Å²) in [5.74, 6) is 0. The van der Waals surface area contributed by atoms with E-state index in [1.807, 2.05) is 12.1 Å². The van der Waals surface area contributed by atoms with E-state index in [4.69, 9.17) is 18.0 Å². The Labute approximate surface area is 131 Å². The van der Waals surface area contributed by atoms with Crippen LogP contribution in [0.15, 0.2) is 28.5 Å². The molecule has 0 aromatic carbocycles. The van der Waals surface area contributed by atoms with Crippen LogP contribution in [0.5, 0.6) is 0 Å². The number of rotatable bonds is 6. The lowest BCUT2D eigenvalue weighted by molar-refractivity contribution is 0.584. The van der Waals surface area contributed by atoms with E-state index in [-0.39, 0.29) is 9.20 Å². The Hall–Kier alpha value is -0.800. The van der Waals surface area contributed by atoms with Crippen molar-refractivity contribution in [3.8, 4) is 0 Å². The molecule has 0 aliphatic heterocycles. The van der Waals surface area contributed by atoms with Crippen LogP contribution in [0.1, 0.15) is 21.6 Å². The van der Waals surface area contributed by atoms with Crippen molar-refractivity contribution in [1.29, 1.82) is 0 Å². The molecule has 2 aromatic rings. The molecule has 0 unspecified atom stereocenters. The fourth-order valence-corrected chi connectivity index (χ4v) is 4.93. The molecule has 4 nitrogen and oxygen atoms in total. The quantitative estimate of drug-likeness (QED) is 0.788. The molecule has 8 heteroatoms. The molecule has 2 heterocycles. The Morgan fingerprint density at radius 1 is 1.25 bits per heavy atom. The summed E-state index contributed by atoms with van der Waals surface area (Å²) in [6.07, 6.45) is 0.958. The summed E-state index contributed by atoms with van der Waals surface area (Å²) in [5, 5.41) is 0. The van der Waals surface area contributed by atoms with Gasteiger partial charge >= 0.3 is 0 Å². The van der Waals surface area contributed by atoms with E-state index in [0.717, 1.165) is 22.6 Å². The predicted molar refractivity (Wildman–Crippen MR) is 87.9 cm³/mol. The minimum absolute atomic E-state index is 0.210. The average Bonchev–Trinajstić information content (AvgIpc) is 3.05. The molecule has 0 saturated heterocycles. The summed E-state index contributed by atoms with van der Waals surface area (Å²) in [4.78, 5) is 3.05. The molecular weight excluding hydrogens is 332 g/mol. The Kier molecular flexibility index (Phi) is 4.92. The first-order chi connectivity index (χ1) is 9.42. The molecule has 20 heavy (non-hydrogen) atoms. The molecule has 0 aliphatic rings. The Bertz CT molecular complexity index is 715. The second-order valence-corrected chi connectivity index (χ2v) is 8.80. The average molecular weight is 347 g/mol. The van der Waals surface area contributed by atoms with Crippen LogP contribution in [0.2, 0.25) is 0 Å². The molecule has 0 aliphatic carbocycles. The molecule has 0 saturated carbocycles. The van der Waals surface area contributed by atoms with Gasteiger partial charge in [-0.25, -0.2) is 13.1 Å². The summed E-state index contributed by atoms with van der Waals surface area (Å²) < 4.78 is 27.1. The largest absolute Gasteiger partial charge is 0.389 e. The molecule has 0 fully saturated rings. The fourth-order valence-electron chi connectivity index (χ4n) is 1.54. The summed E-state index contributed by atoms with van der Waals surface area (Å²) in [6.45, 7) is 2.37. The van der Waals surface area contributed by atoms with Crippen LogP contribution >= 0.6 is 34.9 Å². The van der Waals surface area contributed by atoms with Crippen molar-refractivity contribution < 1.29 is 8.42 Å². The molecule has 108 valence electrons. The number of nitrogens with one attached hydrogen (secondary N) is 1. The van der Waals surface area contributed by atoms with Gasteiger partial charge in [0.15, 0.2) is 0 Å². The van der Waals surface area contributed by atoms with Gasteiger partial charge in [-0.1, -0.05) is 19.1 Å². The first-order valence-electron chi connectivity index (χ1n) is 5.89. The first kappa shape index (κ1) is 15.6. The number of hydrogen-bond acceptors (Lipinski definition) is 5. The van der Waals surface area contributed by atoms with Gasteiger partial charge in [-0.3, -0.25) is 0 Å². The maximum absolute atomic E-state index is 12.1. The van der Waals surface area contributed by atoms with Gasteiger partial charge in [0.1, 0.15) is 9.20 Å². The lowest BCUT2D eigenvalue weighted by atomic mass is 10.4. The minimum Gasteiger partial charge on any atom is -0.389 e. The number of sulfonamides is 1. The fraction of sp³-hybridized carbons (Fsp3) is 0.250. The van der Waals surface area contributed by atoms with Gasteiger partial charge in [-0.05, 0) is 30.7 Å². The highest BCUT2D eigenvalue weighted by atomic mass is 32.2. The van der Waals surface area contributed by atoms with E-state index in [1.165, 1.54) is 10.9 Å². The van der Waals surface area contributed by atoms with E-state index < -0.39 is 10.0 Å². The number of aryl methyl sites for hydroxylation is 1. The normalized spacial score (nSPS) is 11.7. The van der Waals surface area contributed by atoms with Crippen molar-refractivity contribution in [3.63, 3.8) is 0 Å². The van der Waals surface area contributed by atoms with Gasteiger partial charge in [0, 0.05) is 16.3 Å². The summed E-state index contributed by atoms with van der Waals surface area (Å²) in [7, 11) is -3.51. The Balaban J connectivity index is 2.08. The summed E-state index contributed by atoms with van der Waals surface area (Å²) in [5.41, 5.74) is 5.48. The second kappa shape index (κ2) is 6.31. The molecular formula is C12H14N2O2S4. The third-order valence-corrected chi connectivity index (χ3v) is 7.18. The molecule has 2 rings (SSSR count). The van der Waals surface area contributed by atoms with Gasteiger partial charge in [0.25, 0.3) is 0 Å². The van der Waals surface area contributed by atoms with Crippen molar-refractivity contribution in [2.24, 2.45) is 5.73 Å². The zero-order valence-corrected chi connectivity index (χ0v) is 14.0. The van der Waals surface area contributed by atoms with Gasteiger partial charge in [0.2, 0.25) is 10.0 Å². The highest BCUT2D eigenvalue weighted by Crippen LogP contribution is 2.22. The SMILES string of the molecule is CCc1ccc(CNS(=O)(=O)c2ccc(C(N)=S)s2)s1. The lowest BCUT2D eigenvalue weighted by Crippen LogP contribution is -2.21. The third kappa shape index (κ3) is 3.64. The van der Waals surface area contributed by atoms with E-state index in [0.29, 0.717) is 11.4 Å². The Morgan fingerprint density at radius 2 is 1.95 bits per heavy atom. The summed E-state index contributed by atoms with van der Waals surface area (Å²) >= 11 is 7.52. The predicted octanol–water partition coefficient (Wildman–Crippen LogP) is 2.48. The van der Waals surface area contributed by atoms with Crippen LogP contribution in [0.25, 0.3) is 0 Å². The lowest BCUT2D eigenvalue weighted by Gasteiger charge is -2.02. The van der Waals surface area contributed by atoms with Gasteiger partial charge in [-0.2, -0.15) is 0 Å². The number of thiophene rings is 2. The van der Waals surface area contributed by atoms with E-state index >= 15 is 0 Å². The molecule has 0 spiro atoms. The summed E-state index contributed by atoms with van der Waals surface area (Å²) in [6, 6.07) is 7.11. The minimum atomic E-state index is -3.51. The van der Waals surface area contributed by atoms with Crippen LogP contribution in [-0.4, -0.2) is 13.4 Å². The molecule has 0 bridgehead atoms. The van der Waals surface area contributed by atoms with Crippen molar-refractivity contribution in [2.45, 2.75) is 24.1 Å². The maximum Gasteiger partial charge on any atom is 0.250 e. The van der Waals surface area contributed by atoms with Crippen LogP contribution in [0, 0.1) is 0 Å². The number of nitrogens with two attached hydrogens (primary N) is 1. The van der Waals surface area contributed by atoms with Crippen LogP contribution in [0.4, 0.5) is 0 Å². The van der Waals surface area contributed by atoms with Crippen molar-refractivity contribution in [2.75, 3.05) is 0 Å². The molecule has 0 radical (unpaired) electrons. The number of thiocarbonyl (C=S) groups is 1. The third-order valence-electron chi connectivity index (χ3n) is 2.59. The molecule has 0 amide bonds. The topological polar surface area (TPSA) is 72.2 Å². The smallest absolute Gasteiger partial charge is 0.250 e. The van der Waals surface area contributed by atoms with E-state index in [9.17, 15) is 8.42 Å². The standard InChI is InChI=1S/C12H14N2O2S4/c1-2-8-3-4-9(18-8)7-14-20(15,16)11-6-5-10(19-11)12(13)17/h3-6,14H,2,7H2,1H3,(H2,13,17). The molecule has 2 aromatic heterocycles. The van der Waals surface area contributed by atoms with Crippen molar-refractivity contribution in [3.05, 3.63) is 38.9 Å². The monoisotopic (exact) mass is 346 g/mol. The second-order valence-electron chi connectivity index (χ2n) is 4.03. The number of hydrogen-bond donors (Lipinski definition) is 2. The van der Waals surface area contributed by atoms with Gasteiger partial charge in [0.05, 0.1) is 4.88 Å². The molecule has 3 N–H and O–H groups in total. The Morgan fingerprint density at radius 3 is 2.50 bits per heavy atom. The highest BCUT2D eigenvalue weighted by molar-refractivity contribution is 7.91. The van der Waals surface area contributed by atoms with Crippen LogP contribution in [-0.2, 0) is 23.0 Å².